The average molecular weight is 364 g/mol. The summed E-state index contributed by atoms with van der Waals surface area (Å²) in [5.41, 5.74) is 0.772. The molecule has 0 aliphatic carbocycles. The first kappa shape index (κ1) is 14.4. The summed E-state index contributed by atoms with van der Waals surface area (Å²) in [5, 5.41) is 0. The van der Waals surface area contributed by atoms with E-state index in [1.807, 2.05) is 30.3 Å². The fraction of sp³-hybridized carbons (Fsp3) is 0.250. The Bertz CT molecular complexity index is 390. The zero-order valence-electron chi connectivity index (χ0n) is 9.23. The summed E-state index contributed by atoms with van der Waals surface area (Å²) < 4.78 is 11.0. The van der Waals surface area contributed by atoms with Gasteiger partial charge in [0.2, 0.25) is 0 Å². The highest BCUT2D eigenvalue weighted by Crippen LogP contribution is 2.21. The SMILES string of the molecule is COC(=O)C(OCC(Br)=CBr)c1ccccc1. The number of methoxy groups -OCH3 is 1. The second kappa shape index (κ2) is 7.63. The van der Waals surface area contributed by atoms with Crippen molar-refractivity contribution in [1.82, 2.24) is 0 Å². The van der Waals surface area contributed by atoms with Crippen molar-refractivity contribution in [2.75, 3.05) is 13.7 Å². The maximum absolute atomic E-state index is 11.6. The van der Waals surface area contributed by atoms with E-state index < -0.39 is 12.1 Å². The van der Waals surface area contributed by atoms with Gasteiger partial charge in [0.1, 0.15) is 0 Å². The third kappa shape index (κ3) is 4.61. The molecule has 1 rings (SSSR count). The Morgan fingerprint density at radius 1 is 1.41 bits per heavy atom. The first-order valence-corrected chi connectivity index (χ1v) is 6.59. The first-order valence-electron chi connectivity index (χ1n) is 4.88. The quantitative estimate of drug-likeness (QED) is 0.750. The predicted octanol–water partition coefficient (Wildman–Crippen LogP) is 3.55. The monoisotopic (exact) mass is 362 g/mol. The van der Waals surface area contributed by atoms with Gasteiger partial charge in [0.05, 0.1) is 13.7 Å². The van der Waals surface area contributed by atoms with Gasteiger partial charge in [0.15, 0.2) is 6.10 Å². The van der Waals surface area contributed by atoms with E-state index in [1.165, 1.54) is 7.11 Å². The van der Waals surface area contributed by atoms with E-state index >= 15 is 0 Å². The molecule has 0 aliphatic heterocycles. The van der Waals surface area contributed by atoms with E-state index in [0.717, 1.165) is 10.0 Å². The van der Waals surface area contributed by atoms with E-state index in [2.05, 4.69) is 31.9 Å². The van der Waals surface area contributed by atoms with Crippen LogP contribution in [0.4, 0.5) is 0 Å². The van der Waals surface area contributed by atoms with Crippen LogP contribution in [-0.4, -0.2) is 19.7 Å². The summed E-state index contributed by atoms with van der Waals surface area (Å²) in [6, 6.07) is 9.24. The Morgan fingerprint density at radius 2 is 2.06 bits per heavy atom. The predicted molar refractivity (Wildman–Crippen MR) is 73.1 cm³/mol. The van der Waals surface area contributed by atoms with Crippen molar-refractivity contribution in [1.29, 1.82) is 0 Å². The molecule has 0 heterocycles. The van der Waals surface area contributed by atoms with Crippen LogP contribution in [0.3, 0.4) is 0 Å². The maximum Gasteiger partial charge on any atom is 0.339 e. The highest BCUT2D eigenvalue weighted by Gasteiger charge is 2.21. The lowest BCUT2D eigenvalue weighted by Crippen LogP contribution is -2.18. The molecular formula is C12H12Br2O3. The van der Waals surface area contributed by atoms with Crippen LogP contribution in [0.15, 0.2) is 39.8 Å². The molecule has 92 valence electrons. The number of rotatable bonds is 5. The van der Waals surface area contributed by atoms with Gasteiger partial charge in [-0.1, -0.05) is 62.2 Å². The third-order valence-corrected chi connectivity index (χ3v) is 3.65. The molecule has 1 unspecified atom stereocenters. The van der Waals surface area contributed by atoms with Crippen LogP contribution in [0.1, 0.15) is 11.7 Å². The van der Waals surface area contributed by atoms with Gasteiger partial charge < -0.3 is 9.47 Å². The summed E-state index contributed by atoms with van der Waals surface area (Å²) >= 11 is 6.46. The minimum absolute atomic E-state index is 0.292. The molecule has 0 fully saturated rings. The molecule has 17 heavy (non-hydrogen) atoms. The molecule has 0 aromatic heterocycles. The van der Waals surface area contributed by atoms with Crippen LogP contribution in [-0.2, 0) is 14.3 Å². The van der Waals surface area contributed by atoms with Crippen LogP contribution in [0.2, 0.25) is 0 Å². The summed E-state index contributed by atoms with van der Waals surface area (Å²) in [4.78, 5) is 13.3. The minimum Gasteiger partial charge on any atom is -0.467 e. The van der Waals surface area contributed by atoms with Gasteiger partial charge in [-0.05, 0) is 10.5 Å². The summed E-state index contributed by atoms with van der Waals surface area (Å²) in [7, 11) is 1.34. The molecule has 0 bridgehead atoms. The Morgan fingerprint density at radius 3 is 2.59 bits per heavy atom. The second-order valence-corrected chi connectivity index (χ2v) is 4.66. The van der Waals surface area contributed by atoms with Crippen LogP contribution in [0.25, 0.3) is 0 Å². The molecule has 0 radical (unpaired) electrons. The van der Waals surface area contributed by atoms with Gasteiger partial charge in [-0.15, -0.1) is 0 Å². The normalized spacial score (nSPS) is 13.2. The van der Waals surface area contributed by atoms with Crippen LogP contribution >= 0.6 is 31.9 Å². The van der Waals surface area contributed by atoms with Crippen molar-refractivity contribution >= 4 is 37.8 Å². The summed E-state index contributed by atoms with van der Waals surface area (Å²) in [5.74, 6) is -0.411. The van der Waals surface area contributed by atoms with Crippen molar-refractivity contribution < 1.29 is 14.3 Å². The fourth-order valence-corrected chi connectivity index (χ4v) is 1.49. The minimum atomic E-state index is -0.707. The van der Waals surface area contributed by atoms with Crippen molar-refractivity contribution in [3.63, 3.8) is 0 Å². The number of carbonyl (C=O) groups excluding carboxylic acids is 1. The highest BCUT2D eigenvalue weighted by atomic mass is 79.9. The van der Waals surface area contributed by atoms with Gasteiger partial charge in [-0.2, -0.15) is 0 Å². The Kier molecular flexibility index (Phi) is 6.47. The molecule has 0 amide bonds. The smallest absolute Gasteiger partial charge is 0.339 e. The van der Waals surface area contributed by atoms with E-state index in [0.29, 0.717) is 6.61 Å². The van der Waals surface area contributed by atoms with Crippen LogP contribution in [0.5, 0.6) is 0 Å². The molecule has 0 saturated carbocycles. The van der Waals surface area contributed by atoms with E-state index in [4.69, 9.17) is 9.47 Å². The lowest BCUT2D eigenvalue weighted by molar-refractivity contribution is -0.153. The second-order valence-electron chi connectivity index (χ2n) is 3.18. The Balaban J connectivity index is 2.78. The Hall–Kier alpha value is -0.650. The Labute approximate surface area is 117 Å². The lowest BCUT2D eigenvalue weighted by Gasteiger charge is -2.15. The zero-order chi connectivity index (χ0) is 12.7. The van der Waals surface area contributed by atoms with Crippen molar-refractivity contribution in [3.8, 4) is 0 Å². The lowest BCUT2D eigenvalue weighted by atomic mass is 10.1. The van der Waals surface area contributed by atoms with Crippen LogP contribution in [0, 0.1) is 0 Å². The summed E-state index contributed by atoms with van der Waals surface area (Å²) in [6.45, 7) is 0.292. The van der Waals surface area contributed by atoms with Gasteiger partial charge in [0.25, 0.3) is 0 Å². The number of carbonyl (C=O) groups is 1. The average Bonchev–Trinajstić information content (AvgIpc) is 2.39. The zero-order valence-corrected chi connectivity index (χ0v) is 12.4. The van der Waals surface area contributed by atoms with E-state index in [1.54, 1.807) is 4.99 Å². The van der Waals surface area contributed by atoms with Gasteiger partial charge in [-0.3, -0.25) is 0 Å². The summed E-state index contributed by atoms with van der Waals surface area (Å²) in [6.07, 6.45) is -0.707. The topological polar surface area (TPSA) is 35.5 Å². The number of esters is 1. The van der Waals surface area contributed by atoms with E-state index in [9.17, 15) is 4.79 Å². The molecule has 1 aromatic carbocycles. The molecule has 1 atom stereocenters. The number of hydrogen-bond donors (Lipinski definition) is 0. The van der Waals surface area contributed by atoms with Gasteiger partial charge in [0, 0.05) is 4.48 Å². The van der Waals surface area contributed by atoms with Crippen molar-refractivity contribution in [2.45, 2.75) is 6.10 Å². The molecule has 1 aromatic rings. The molecule has 5 heteroatoms. The molecule has 0 spiro atoms. The number of benzene rings is 1. The van der Waals surface area contributed by atoms with Crippen molar-refractivity contribution in [3.05, 3.63) is 45.4 Å². The van der Waals surface area contributed by atoms with Crippen LogP contribution < -0.4 is 0 Å². The number of ether oxygens (including phenoxy) is 2. The molecule has 3 nitrogen and oxygen atoms in total. The van der Waals surface area contributed by atoms with Crippen molar-refractivity contribution in [2.24, 2.45) is 0 Å². The van der Waals surface area contributed by atoms with E-state index in [-0.39, 0.29) is 0 Å². The standard InChI is InChI=1S/C12H12Br2O3/c1-16-12(15)11(17-8-10(14)7-13)9-5-3-2-4-6-9/h2-7,11H,8H2,1H3. The fourth-order valence-electron chi connectivity index (χ4n) is 1.23. The molecule has 0 aliphatic rings. The highest BCUT2D eigenvalue weighted by molar-refractivity contribution is 9.14. The molecular weight excluding hydrogens is 352 g/mol. The largest absolute Gasteiger partial charge is 0.467 e. The molecule has 0 N–H and O–H groups in total. The third-order valence-electron chi connectivity index (χ3n) is 2.02. The number of hydrogen-bond acceptors (Lipinski definition) is 3. The first-order chi connectivity index (χ1) is 8.19. The number of halogens is 2. The van der Waals surface area contributed by atoms with Gasteiger partial charge in [-0.25, -0.2) is 4.79 Å². The molecule has 0 saturated heterocycles. The van der Waals surface area contributed by atoms with Gasteiger partial charge >= 0.3 is 5.97 Å². The maximum atomic E-state index is 11.6.